The van der Waals surface area contributed by atoms with Gasteiger partial charge in [0.1, 0.15) is 0 Å². The minimum absolute atomic E-state index is 0.795. The molecule has 16 heavy (non-hydrogen) atoms. The predicted molar refractivity (Wildman–Crippen MR) is 79.6 cm³/mol. The minimum Gasteiger partial charge on any atom is -0.299 e. The van der Waals surface area contributed by atoms with E-state index in [2.05, 4.69) is 72.5 Å². The van der Waals surface area contributed by atoms with Crippen LogP contribution in [0.1, 0.15) is 32.8 Å². The maximum atomic E-state index is 2.52. The highest BCUT2D eigenvalue weighted by Crippen LogP contribution is 2.11. The van der Waals surface area contributed by atoms with E-state index in [0.29, 0.717) is 0 Å². The largest absolute Gasteiger partial charge is 0.299 e. The van der Waals surface area contributed by atoms with Gasteiger partial charge in [-0.25, -0.2) is 0 Å². The second-order valence-electron chi connectivity index (χ2n) is 4.47. The van der Waals surface area contributed by atoms with E-state index in [1.807, 2.05) is 0 Å². The monoisotopic (exact) mass is 331 g/mol. The van der Waals surface area contributed by atoms with Gasteiger partial charge in [-0.3, -0.25) is 4.90 Å². The number of halogens is 1. The molecule has 0 saturated heterocycles. The van der Waals surface area contributed by atoms with E-state index in [9.17, 15) is 0 Å². The van der Waals surface area contributed by atoms with E-state index >= 15 is 0 Å². The van der Waals surface area contributed by atoms with Crippen LogP contribution in [-0.2, 0) is 6.54 Å². The van der Waals surface area contributed by atoms with Crippen LogP contribution in [-0.4, -0.2) is 18.0 Å². The maximum absolute atomic E-state index is 2.52. The zero-order valence-electron chi connectivity index (χ0n) is 10.5. The van der Waals surface area contributed by atoms with Crippen molar-refractivity contribution in [2.24, 2.45) is 5.92 Å². The average Bonchev–Trinajstić information content (AvgIpc) is 2.30. The first kappa shape index (κ1) is 14.0. The lowest BCUT2D eigenvalue weighted by atomic mass is 10.1. The fourth-order valence-corrected chi connectivity index (χ4v) is 2.08. The molecular formula is C14H22IN. The third-order valence-electron chi connectivity index (χ3n) is 3.03. The van der Waals surface area contributed by atoms with E-state index in [1.54, 1.807) is 0 Å². The molecule has 0 saturated carbocycles. The van der Waals surface area contributed by atoms with Crippen LogP contribution >= 0.6 is 22.6 Å². The molecule has 0 radical (unpaired) electrons. The lowest BCUT2D eigenvalue weighted by Crippen LogP contribution is -2.27. The van der Waals surface area contributed by atoms with E-state index in [4.69, 9.17) is 0 Å². The first-order valence-electron chi connectivity index (χ1n) is 6.12. The van der Waals surface area contributed by atoms with Gasteiger partial charge in [0.2, 0.25) is 0 Å². The summed E-state index contributed by atoms with van der Waals surface area (Å²) in [6.07, 6.45) is 1.27. The molecule has 0 spiro atoms. The summed E-state index contributed by atoms with van der Waals surface area (Å²) in [6.45, 7) is 10.3. The van der Waals surface area contributed by atoms with Crippen LogP contribution in [0.4, 0.5) is 0 Å². The van der Waals surface area contributed by atoms with Crippen molar-refractivity contribution in [2.45, 2.75) is 33.7 Å². The number of nitrogens with zero attached hydrogens (tertiary/aromatic N) is 1. The Labute approximate surface area is 113 Å². The van der Waals surface area contributed by atoms with Gasteiger partial charge in [0.15, 0.2) is 0 Å². The maximum Gasteiger partial charge on any atom is 0.0233 e. The molecule has 1 atom stereocenters. The van der Waals surface area contributed by atoms with Crippen molar-refractivity contribution in [3.63, 3.8) is 0 Å². The molecule has 0 fully saturated rings. The fraction of sp³-hybridized carbons (Fsp3) is 0.571. The van der Waals surface area contributed by atoms with Crippen molar-refractivity contribution in [1.82, 2.24) is 4.90 Å². The number of benzene rings is 1. The Hall–Kier alpha value is -0.0900. The van der Waals surface area contributed by atoms with Gasteiger partial charge in [0.05, 0.1) is 0 Å². The molecule has 0 aromatic heterocycles. The third-order valence-corrected chi connectivity index (χ3v) is 3.75. The van der Waals surface area contributed by atoms with Crippen LogP contribution < -0.4 is 0 Å². The van der Waals surface area contributed by atoms with Crippen molar-refractivity contribution >= 4 is 22.6 Å². The molecule has 1 aromatic rings. The van der Waals surface area contributed by atoms with Gasteiger partial charge < -0.3 is 0 Å². The molecule has 0 N–H and O–H groups in total. The molecule has 0 amide bonds. The Morgan fingerprint density at radius 2 is 1.81 bits per heavy atom. The number of hydrogen-bond donors (Lipinski definition) is 0. The first-order valence-corrected chi connectivity index (χ1v) is 7.20. The number of hydrogen-bond acceptors (Lipinski definition) is 1. The second kappa shape index (κ2) is 7.28. The van der Waals surface area contributed by atoms with Gasteiger partial charge in [0, 0.05) is 16.7 Å². The summed E-state index contributed by atoms with van der Waals surface area (Å²) in [7, 11) is 0. The number of rotatable bonds is 6. The van der Waals surface area contributed by atoms with Crippen molar-refractivity contribution < 1.29 is 0 Å². The molecule has 2 heteroatoms. The molecule has 0 heterocycles. The summed E-state index contributed by atoms with van der Waals surface area (Å²) in [5.74, 6) is 0.795. The Balaban J connectivity index is 2.52. The highest BCUT2D eigenvalue weighted by molar-refractivity contribution is 14.1. The Bertz CT molecular complexity index is 294. The van der Waals surface area contributed by atoms with Crippen LogP contribution in [0.3, 0.4) is 0 Å². The van der Waals surface area contributed by atoms with Gasteiger partial charge in [-0.05, 0) is 52.7 Å². The summed E-state index contributed by atoms with van der Waals surface area (Å²) >= 11 is 2.35. The van der Waals surface area contributed by atoms with Gasteiger partial charge in [0.25, 0.3) is 0 Å². The smallest absolute Gasteiger partial charge is 0.0233 e. The molecule has 0 aliphatic rings. The summed E-state index contributed by atoms with van der Waals surface area (Å²) in [4.78, 5) is 2.52. The van der Waals surface area contributed by atoms with E-state index in [0.717, 1.165) is 19.0 Å². The summed E-state index contributed by atoms with van der Waals surface area (Å²) in [5.41, 5.74) is 1.42. The quantitative estimate of drug-likeness (QED) is 0.708. The Morgan fingerprint density at radius 3 is 2.31 bits per heavy atom. The summed E-state index contributed by atoms with van der Waals surface area (Å²) < 4.78 is 1.31. The molecule has 0 aliphatic heterocycles. The van der Waals surface area contributed by atoms with Crippen molar-refractivity contribution in [3.8, 4) is 0 Å². The molecule has 1 unspecified atom stereocenters. The van der Waals surface area contributed by atoms with Crippen LogP contribution in [0.5, 0.6) is 0 Å². The van der Waals surface area contributed by atoms with Crippen LogP contribution in [0.25, 0.3) is 0 Å². The lowest BCUT2D eigenvalue weighted by Gasteiger charge is -2.23. The second-order valence-corrected chi connectivity index (χ2v) is 5.71. The van der Waals surface area contributed by atoms with Gasteiger partial charge in [-0.2, -0.15) is 0 Å². The third kappa shape index (κ3) is 4.83. The zero-order chi connectivity index (χ0) is 12.0. The van der Waals surface area contributed by atoms with E-state index < -0.39 is 0 Å². The predicted octanol–water partition coefficient (Wildman–Crippen LogP) is 4.16. The molecule has 1 aromatic carbocycles. The average molecular weight is 331 g/mol. The van der Waals surface area contributed by atoms with Crippen LogP contribution in [0.15, 0.2) is 24.3 Å². The first-order chi connectivity index (χ1) is 7.65. The SMILES string of the molecule is CCC(C)CN(CC)Cc1ccc(I)cc1. The highest BCUT2D eigenvalue weighted by atomic mass is 127. The van der Waals surface area contributed by atoms with Crippen molar-refractivity contribution in [3.05, 3.63) is 33.4 Å². The standard InChI is InChI=1S/C14H22IN/c1-4-12(3)10-16(5-2)11-13-6-8-14(15)9-7-13/h6-9,12H,4-5,10-11H2,1-3H3. The molecular weight excluding hydrogens is 309 g/mol. The topological polar surface area (TPSA) is 3.24 Å². The Morgan fingerprint density at radius 1 is 1.19 bits per heavy atom. The van der Waals surface area contributed by atoms with Gasteiger partial charge >= 0.3 is 0 Å². The van der Waals surface area contributed by atoms with E-state index in [1.165, 1.54) is 22.1 Å². The molecule has 1 rings (SSSR count). The normalized spacial score (nSPS) is 13.1. The Kier molecular flexibility index (Phi) is 6.36. The zero-order valence-corrected chi connectivity index (χ0v) is 12.7. The summed E-state index contributed by atoms with van der Waals surface area (Å²) in [5, 5.41) is 0. The minimum atomic E-state index is 0.795. The van der Waals surface area contributed by atoms with Gasteiger partial charge in [-0.1, -0.05) is 39.3 Å². The summed E-state index contributed by atoms with van der Waals surface area (Å²) in [6, 6.07) is 8.85. The highest BCUT2D eigenvalue weighted by Gasteiger charge is 2.07. The molecule has 1 nitrogen and oxygen atoms in total. The van der Waals surface area contributed by atoms with Crippen LogP contribution in [0, 0.1) is 9.49 Å². The molecule has 0 aliphatic carbocycles. The van der Waals surface area contributed by atoms with E-state index in [-0.39, 0.29) is 0 Å². The molecule has 0 bridgehead atoms. The van der Waals surface area contributed by atoms with Crippen LogP contribution in [0.2, 0.25) is 0 Å². The van der Waals surface area contributed by atoms with Gasteiger partial charge in [-0.15, -0.1) is 0 Å². The van der Waals surface area contributed by atoms with Crippen molar-refractivity contribution in [2.75, 3.05) is 13.1 Å². The van der Waals surface area contributed by atoms with Crippen molar-refractivity contribution in [1.29, 1.82) is 0 Å². The lowest BCUT2D eigenvalue weighted by molar-refractivity contribution is 0.238. The fourth-order valence-electron chi connectivity index (χ4n) is 1.72. The molecule has 90 valence electrons.